The van der Waals surface area contributed by atoms with Crippen LogP contribution in [0, 0.1) is 5.92 Å². The Balaban J connectivity index is 1.32. The lowest BCUT2D eigenvalue weighted by Crippen LogP contribution is -2.49. The molecule has 0 saturated carbocycles. The van der Waals surface area contributed by atoms with Crippen molar-refractivity contribution in [1.29, 1.82) is 0 Å². The predicted octanol–water partition coefficient (Wildman–Crippen LogP) is 2.00. The lowest BCUT2D eigenvalue weighted by atomic mass is 9.89. The summed E-state index contributed by atoms with van der Waals surface area (Å²) in [4.78, 5) is 17.3. The summed E-state index contributed by atoms with van der Waals surface area (Å²) in [6.07, 6.45) is 4.01. The number of amides is 1. The first-order chi connectivity index (χ1) is 12.7. The van der Waals surface area contributed by atoms with Gasteiger partial charge in [-0.1, -0.05) is 18.2 Å². The van der Waals surface area contributed by atoms with Gasteiger partial charge in [0.05, 0.1) is 24.9 Å². The summed E-state index contributed by atoms with van der Waals surface area (Å²) in [5, 5.41) is 5.47. The number of aromatic nitrogens is 2. The van der Waals surface area contributed by atoms with E-state index in [-0.39, 0.29) is 5.91 Å². The smallest absolute Gasteiger partial charge is 0.244 e. The van der Waals surface area contributed by atoms with Gasteiger partial charge in [0, 0.05) is 37.6 Å². The minimum atomic E-state index is 0.177. The van der Waals surface area contributed by atoms with E-state index >= 15 is 0 Å². The molecule has 1 aromatic carbocycles. The largest absolute Gasteiger partial charge is 0.379 e. The highest BCUT2D eigenvalue weighted by Crippen LogP contribution is 2.25. The van der Waals surface area contributed by atoms with Gasteiger partial charge in [-0.25, -0.2) is 0 Å². The molecule has 2 fully saturated rings. The summed E-state index contributed by atoms with van der Waals surface area (Å²) in [6, 6.07) is 8.61. The number of benzene rings is 1. The Morgan fingerprint density at radius 3 is 2.69 bits per heavy atom. The third-order valence-electron chi connectivity index (χ3n) is 6.03. The molecular weight excluding hydrogens is 328 g/mol. The van der Waals surface area contributed by atoms with E-state index in [2.05, 4.69) is 16.9 Å². The summed E-state index contributed by atoms with van der Waals surface area (Å²) in [6.45, 7) is 8.15. The number of para-hydroxylation sites is 1. The van der Waals surface area contributed by atoms with Crippen molar-refractivity contribution in [2.45, 2.75) is 32.4 Å². The normalized spacial score (nSPS) is 21.2. The van der Waals surface area contributed by atoms with E-state index in [1.165, 1.54) is 0 Å². The molecule has 0 N–H and O–H groups in total. The molecule has 1 atom stereocenters. The van der Waals surface area contributed by atoms with Crippen LogP contribution in [0.3, 0.4) is 0 Å². The Morgan fingerprint density at radius 2 is 1.92 bits per heavy atom. The number of fused-ring (bicyclic) bond motifs is 1. The average molecular weight is 356 g/mol. The molecule has 140 valence electrons. The Hall–Kier alpha value is -1.92. The van der Waals surface area contributed by atoms with Crippen LogP contribution >= 0.6 is 0 Å². The van der Waals surface area contributed by atoms with E-state index in [9.17, 15) is 4.79 Å². The second kappa shape index (κ2) is 7.76. The van der Waals surface area contributed by atoms with Crippen molar-refractivity contribution in [2.24, 2.45) is 5.92 Å². The number of likely N-dealkylation sites (tertiary alicyclic amines) is 1. The molecule has 2 aliphatic heterocycles. The topological polar surface area (TPSA) is 50.6 Å². The van der Waals surface area contributed by atoms with E-state index in [4.69, 9.17) is 4.74 Å². The van der Waals surface area contributed by atoms with Gasteiger partial charge in [0.15, 0.2) is 0 Å². The van der Waals surface area contributed by atoms with Gasteiger partial charge >= 0.3 is 0 Å². The van der Waals surface area contributed by atoms with Gasteiger partial charge in [-0.15, -0.1) is 0 Å². The Morgan fingerprint density at radius 1 is 1.19 bits per heavy atom. The number of ether oxygens (including phenoxy) is 1. The molecule has 0 aliphatic carbocycles. The average Bonchev–Trinajstić information content (AvgIpc) is 3.11. The van der Waals surface area contributed by atoms with Crippen LogP contribution in [0.5, 0.6) is 0 Å². The number of carbonyl (C=O) groups is 1. The Kier molecular flexibility index (Phi) is 5.22. The minimum absolute atomic E-state index is 0.177. The molecule has 0 bridgehead atoms. The van der Waals surface area contributed by atoms with E-state index < -0.39 is 0 Å². The van der Waals surface area contributed by atoms with Crippen LogP contribution in [0.2, 0.25) is 0 Å². The molecule has 1 amide bonds. The number of hydrogen-bond donors (Lipinski definition) is 0. The molecule has 4 rings (SSSR count). The molecule has 6 heteroatoms. The van der Waals surface area contributed by atoms with Crippen LogP contribution in [0.25, 0.3) is 10.9 Å². The van der Waals surface area contributed by atoms with Gasteiger partial charge in [0.25, 0.3) is 0 Å². The molecule has 6 nitrogen and oxygen atoms in total. The third-order valence-corrected chi connectivity index (χ3v) is 6.03. The molecule has 1 aromatic heterocycles. The lowest BCUT2D eigenvalue weighted by Gasteiger charge is -2.41. The van der Waals surface area contributed by atoms with Crippen molar-refractivity contribution in [1.82, 2.24) is 19.6 Å². The second-order valence-electron chi connectivity index (χ2n) is 7.47. The molecule has 0 unspecified atom stereocenters. The molecule has 2 aromatic rings. The maximum atomic E-state index is 12.7. The van der Waals surface area contributed by atoms with Gasteiger partial charge < -0.3 is 9.64 Å². The van der Waals surface area contributed by atoms with Crippen LogP contribution in [-0.2, 0) is 16.1 Å². The molecule has 0 radical (unpaired) electrons. The van der Waals surface area contributed by atoms with Crippen molar-refractivity contribution in [2.75, 3.05) is 39.4 Å². The molecule has 26 heavy (non-hydrogen) atoms. The number of carbonyl (C=O) groups excluding carboxylic acids is 1. The van der Waals surface area contributed by atoms with E-state index in [1.807, 2.05) is 40.0 Å². The van der Waals surface area contributed by atoms with Crippen molar-refractivity contribution in [3.8, 4) is 0 Å². The highest BCUT2D eigenvalue weighted by atomic mass is 16.5. The molecular formula is C20H28N4O2. The van der Waals surface area contributed by atoms with Crippen LogP contribution in [-0.4, -0.2) is 70.9 Å². The van der Waals surface area contributed by atoms with Crippen LogP contribution in [0.1, 0.15) is 19.8 Å². The number of piperidine rings is 1. The fourth-order valence-corrected chi connectivity index (χ4v) is 4.29. The van der Waals surface area contributed by atoms with Crippen molar-refractivity contribution < 1.29 is 9.53 Å². The number of rotatable bonds is 4. The Bertz CT molecular complexity index is 745. The molecule has 0 spiro atoms. The second-order valence-corrected chi connectivity index (χ2v) is 7.47. The van der Waals surface area contributed by atoms with E-state index in [0.717, 1.165) is 63.1 Å². The predicted molar refractivity (Wildman–Crippen MR) is 101 cm³/mol. The molecule has 2 aliphatic rings. The maximum Gasteiger partial charge on any atom is 0.244 e. The maximum absolute atomic E-state index is 12.7. The van der Waals surface area contributed by atoms with Crippen molar-refractivity contribution >= 4 is 16.8 Å². The fraction of sp³-hybridized carbons (Fsp3) is 0.600. The number of morpholine rings is 1. The number of nitrogens with zero attached hydrogens (tertiary/aromatic N) is 4. The monoisotopic (exact) mass is 356 g/mol. The van der Waals surface area contributed by atoms with Crippen molar-refractivity contribution in [3.05, 3.63) is 30.5 Å². The van der Waals surface area contributed by atoms with Crippen molar-refractivity contribution in [3.63, 3.8) is 0 Å². The fourth-order valence-electron chi connectivity index (χ4n) is 4.29. The quantitative estimate of drug-likeness (QED) is 0.841. The summed E-state index contributed by atoms with van der Waals surface area (Å²) in [5.74, 6) is 0.846. The first-order valence-electron chi connectivity index (χ1n) is 9.72. The zero-order chi connectivity index (χ0) is 17.9. The Labute approximate surface area is 154 Å². The summed E-state index contributed by atoms with van der Waals surface area (Å²) in [5.41, 5.74) is 1.02. The van der Waals surface area contributed by atoms with Gasteiger partial charge in [0.1, 0.15) is 6.54 Å². The van der Waals surface area contributed by atoms with Crippen LogP contribution in [0.15, 0.2) is 30.5 Å². The van der Waals surface area contributed by atoms with E-state index in [0.29, 0.717) is 18.5 Å². The highest BCUT2D eigenvalue weighted by molar-refractivity contribution is 5.82. The minimum Gasteiger partial charge on any atom is -0.379 e. The summed E-state index contributed by atoms with van der Waals surface area (Å²) >= 11 is 0. The van der Waals surface area contributed by atoms with Crippen LogP contribution < -0.4 is 0 Å². The SMILES string of the molecule is C[C@H](C1CCN(C(=O)Cn2ncc3ccccc32)CC1)N1CCOCC1. The zero-order valence-electron chi connectivity index (χ0n) is 15.5. The zero-order valence-corrected chi connectivity index (χ0v) is 15.5. The van der Waals surface area contributed by atoms with Crippen LogP contribution in [0.4, 0.5) is 0 Å². The summed E-state index contributed by atoms with van der Waals surface area (Å²) < 4.78 is 7.28. The first kappa shape index (κ1) is 17.5. The third kappa shape index (κ3) is 3.62. The van der Waals surface area contributed by atoms with Gasteiger partial charge in [-0.3, -0.25) is 14.4 Å². The van der Waals surface area contributed by atoms with Gasteiger partial charge in [-0.2, -0.15) is 5.10 Å². The first-order valence-corrected chi connectivity index (χ1v) is 9.72. The summed E-state index contributed by atoms with van der Waals surface area (Å²) in [7, 11) is 0. The number of hydrogen-bond acceptors (Lipinski definition) is 4. The molecule has 2 saturated heterocycles. The van der Waals surface area contributed by atoms with E-state index in [1.54, 1.807) is 0 Å². The lowest BCUT2D eigenvalue weighted by molar-refractivity contribution is -0.133. The van der Waals surface area contributed by atoms with Gasteiger partial charge in [-0.05, 0) is 31.7 Å². The highest BCUT2D eigenvalue weighted by Gasteiger charge is 2.30. The molecule has 3 heterocycles. The standard InChI is InChI=1S/C20H28N4O2/c1-16(22-10-12-26-13-11-22)17-6-8-23(9-7-17)20(25)15-24-19-5-3-2-4-18(19)14-21-24/h2-5,14,16-17H,6-13,15H2,1H3/t16-/m1/s1. The van der Waals surface area contributed by atoms with Gasteiger partial charge in [0.2, 0.25) is 5.91 Å².